The summed E-state index contributed by atoms with van der Waals surface area (Å²) >= 11 is 3.17. The van der Waals surface area contributed by atoms with E-state index >= 15 is 0 Å². The number of carbonyl (C=O) groups excluding carboxylic acids is 1. The minimum Gasteiger partial charge on any atom is -0.480 e. The quantitative estimate of drug-likeness (QED) is 0.530. The number of aryl methyl sites for hydroxylation is 2. The van der Waals surface area contributed by atoms with Gasteiger partial charge in [0.25, 0.3) is 0 Å². The highest BCUT2D eigenvalue weighted by Gasteiger charge is 2.21. The maximum atomic E-state index is 11.8. The monoisotopic (exact) mass is 366 g/mol. The van der Waals surface area contributed by atoms with Gasteiger partial charge in [0.15, 0.2) is 5.16 Å². The third kappa shape index (κ3) is 3.62. The number of nitrogens with zero attached hydrogens (tertiary/aromatic N) is 2. The van der Waals surface area contributed by atoms with E-state index in [0.717, 1.165) is 29.5 Å². The molecule has 0 radical (unpaired) electrons. The molecule has 1 amide bonds. The lowest BCUT2D eigenvalue weighted by Gasteiger charge is -2.13. The van der Waals surface area contributed by atoms with Crippen molar-refractivity contribution < 1.29 is 14.7 Å². The van der Waals surface area contributed by atoms with Crippen LogP contribution in [-0.4, -0.2) is 46.3 Å². The van der Waals surface area contributed by atoms with Crippen LogP contribution in [0.5, 0.6) is 0 Å². The van der Waals surface area contributed by atoms with E-state index in [-0.39, 0.29) is 19.0 Å². The summed E-state index contributed by atoms with van der Waals surface area (Å²) in [4.78, 5) is 33.7. The molecule has 7 nitrogen and oxygen atoms in total. The summed E-state index contributed by atoms with van der Waals surface area (Å²) in [7, 11) is 0. The SMILES string of the molecule is CSc1nc(NCC(=O)NCC(=O)O)c2c3c(sc2n1)CCCC3. The first kappa shape index (κ1) is 17.0. The van der Waals surface area contributed by atoms with Crippen LogP contribution in [0.2, 0.25) is 0 Å². The topological polar surface area (TPSA) is 104 Å². The number of rotatable bonds is 6. The van der Waals surface area contributed by atoms with E-state index in [2.05, 4.69) is 20.6 Å². The van der Waals surface area contributed by atoms with Gasteiger partial charge in [-0.2, -0.15) is 0 Å². The fourth-order valence-corrected chi connectivity index (χ4v) is 4.44. The summed E-state index contributed by atoms with van der Waals surface area (Å²) < 4.78 is 0. The van der Waals surface area contributed by atoms with Gasteiger partial charge in [0.2, 0.25) is 5.91 Å². The molecule has 2 aromatic heterocycles. The van der Waals surface area contributed by atoms with Crippen molar-refractivity contribution in [2.75, 3.05) is 24.7 Å². The summed E-state index contributed by atoms with van der Waals surface area (Å²) in [6.45, 7) is -0.401. The second-order valence-corrected chi connectivity index (χ2v) is 7.33. The molecule has 0 bridgehead atoms. The van der Waals surface area contributed by atoms with Gasteiger partial charge < -0.3 is 15.7 Å². The molecule has 0 fully saturated rings. The zero-order valence-corrected chi connectivity index (χ0v) is 14.9. The van der Waals surface area contributed by atoms with Gasteiger partial charge in [0.05, 0.1) is 11.9 Å². The Kier molecular flexibility index (Phi) is 5.20. The number of thioether (sulfide) groups is 1. The fourth-order valence-electron chi connectivity index (χ4n) is 2.76. The van der Waals surface area contributed by atoms with Crippen LogP contribution in [-0.2, 0) is 22.4 Å². The standard InChI is InChI=1S/C15H18N4O3S2/c1-23-15-18-13(17-6-10(20)16-7-11(21)22)12-8-4-2-3-5-9(8)24-14(12)19-15/h2-7H2,1H3,(H,16,20)(H,21,22)(H,17,18,19). The van der Waals surface area contributed by atoms with Crippen LogP contribution < -0.4 is 10.6 Å². The Hall–Kier alpha value is -1.87. The number of amides is 1. The van der Waals surface area contributed by atoms with Crippen molar-refractivity contribution in [1.82, 2.24) is 15.3 Å². The third-order valence-electron chi connectivity index (χ3n) is 3.83. The summed E-state index contributed by atoms with van der Waals surface area (Å²) in [6.07, 6.45) is 6.35. The second kappa shape index (κ2) is 7.35. The molecule has 24 heavy (non-hydrogen) atoms. The van der Waals surface area contributed by atoms with E-state index in [0.29, 0.717) is 11.0 Å². The normalized spacial score (nSPS) is 13.5. The van der Waals surface area contributed by atoms with Crippen molar-refractivity contribution in [3.8, 4) is 0 Å². The molecular formula is C15H18N4O3S2. The first-order chi connectivity index (χ1) is 11.6. The maximum Gasteiger partial charge on any atom is 0.322 e. The Labute approximate surface area is 147 Å². The Morgan fingerprint density at radius 2 is 2.04 bits per heavy atom. The highest BCUT2D eigenvalue weighted by Crippen LogP contribution is 2.39. The minimum atomic E-state index is -1.07. The third-order valence-corrected chi connectivity index (χ3v) is 5.56. The Morgan fingerprint density at radius 1 is 1.25 bits per heavy atom. The highest BCUT2D eigenvalue weighted by atomic mass is 32.2. The van der Waals surface area contributed by atoms with Gasteiger partial charge in [-0.05, 0) is 37.5 Å². The summed E-state index contributed by atoms with van der Waals surface area (Å²) in [5.74, 6) is -0.780. The van der Waals surface area contributed by atoms with Crippen molar-refractivity contribution in [3.05, 3.63) is 10.4 Å². The molecule has 2 aromatic rings. The fraction of sp³-hybridized carbons (Fsp3) is 0.467. The smallest absolute Gasteiger partial charge is 0.322 e. The van der Waals surface area contributed by atoms with Crippen LogP contribution in [0.25, 0.3) is 10.2 Å². The van der Waals surface area contributed by atoms with Gasteiger partial charge in [0, 0.05) is 4.88 Å². The van der Waals surface area contributed by atoms with Crippen molar-refractivity contribution in [3.63, 3.8) is 0 Å². The number of fused-ring (bicyclic) bond motifs is 3. The van der Waals surface area contributed by atoms with Crippen LogP contribution >= 0.6 is 23.1 Å². The number of hydrogen-bond acceptors (Lipinski definition) is 7. The van der Waals surface area contributed by atoms with E-state index in [1.54, 1.807) is 11.3 Å². The first-order valence-corrected chi connectivity index (χ1v) is 9.71. The van der Waals surface area contributed by atoms with E-state index < -0.39 is 5.97 Å². The minimum absolute atomic E-state index is 0.0160. The molecule has 0 aromatic carbocycles. The first-order valence-electron chi connectivity index (χ1n) is 7.67. The van der Waals surface area contributed by atoms with Crippen molar-refractivity contribution in [2.24, 2.45) is 0 Å². The average molecular weight is 366 g/mol. The van der Waals surface area contributed by atoms with Crippen LogP contribution in [0.1, 0.15) is 23.3 Å². The number of anilines is 1. The molecule has 1 aliphatic rings. The zero-order valence-electron chi connectivity index (χ0n) is 13.2. The summed E-state index contributed by atoms with van der Waals surface area (Å²) in [5.41, 5.74) is 1.29. The lowest BCUT2D eigenvalue weighted by atomic mass is 9.97. The molecule has 0 aliphatic heterocycles. The van der Waals surface area contributed by atoms with Crippen molar-refractivity contribution >= 4 is 51.0 Å². The molecule has 0 saturated carbocycles. The van der Waals surface area contributed by atoms with Gasteiger partial charge in [-0.1, -0.05) is 11.8 Å². The van der Waals surface area contributed by atoms with Gasteiger partial charge in [-0.15, -0.1) is 11.3 Å². The predicted octanol–water partition coefficient (Wildman–Crippen LogP) is 1.90. The number of carbonyl (C=O) groups is 2. The van der Waals surface area contributed by atoms with E-state index in [1.807, 2.05) is 6.26 Å². The van der Waals surface area contributed by atoms with Gasteiger partial charge in [0.1, 0.15) is 17.2 Å². The average Bonchev–Trinajstić information content (AvgIpc) is 2.96. The van der Waals surface area contributed by atoms with E-state index in [1.165, 1.54) is 28.6 Å². The van der Waals surface area contributed by atoms with Crippen molar-refractivity contribution in [1.29, 1.82) is 0 Å². The largest absolute Gasteiger partial charge is 0.480 e. The van der Waals surface area contributed by atoms with Crippen LogP contribution in [0.15, 0.2) is 5.16 Å². The molecule has 0 spiro atoms. The van der Waals surface area contributed by atoms with Gasteiger partial charge in [-0.25, -0.2) is 9.97 Å². The molecule has 0 atom stereocenters. The van der Waals surface area contributed by atoms with Crippen LogP contribution in [0.3, 0.4) is 0 Å². The van der Waals surface area contributed by atoms with Crippen LogP contribution in [0.4, 0.5) is 5.82 Å². The molecule has 9 heteroatoms. The zero-order chi connectivity index (χ0) is 17.1. The number of carboxylic acids is 1. The lowest BCUT2D eigenvalue weighted by Crippen LogP contribution is -2.34. The molecule has 1 aliphatic carbocycles. The maximum absolute atomic E-state index is 11.8. The van der Waals surface area contributed by atoms with E-state index in [4.69, 9.17) is 5.11 Å². The molecule has 3 rings (SSSR count). The number of carboxylic acid groups (broad SMARTS) is 1. The molecule has 0 unspecified atom stereocenters. The number of aliphatic carboxylic acids is 1. The predicted molar refractivity (Wildman–Crippen MR) is 95.0 cm³/mol. The summed E-state index contributed by atoms with van der Waals surface area (Å²) in [6, 6.07) is 0. The molecule has 128 valence electrons. The summed E-state index contributed by atoms with van der Waals surface area (Å²) in [5, 5.41) is 15.7. The number of nitrogens with one attached hydrogen (secondary N) is 2. The van der Waals surface area contributed by atoms with Gasteiger partial charge in [-0.3, -0.25) is 9.59 Å². The van der Waals surface area contributed by atoms with E-state index in [9.17, 15) is 9.59 Å². The highest BCUT2D eigenvalue weighted by molar-refractivity contribution is 7.98. The Balaban J connectivity index is 1.86. The second-order valence-electron chi connectivity index (χ2n) is 5.47. The molecule has 0 saturated heterocycles. The number of aromatic nitrogens is 2. The molecular weight excluding hydrogens is 348 g/mol. The Bertz CT molecular complexity index is 791. The van der Waals surface area contributed by atoms with Crippen LogP contribution in [0, 0.1) is 0 Å². The molecule has 2 heterocycles. The lowest BCUT2D eigenvalue weighted by molar-refractivity contribution is -0.137. The van der Waals surface area contributed by atoms with Gasteiger partial charge >= 0.3 is 5.97 Å². The number of hydrogen-bond donors (Lipinski definition) is 3. The molecule has 3 N–H and O–H groups in total. The number of thiophene rings is 1. The van der Waals surface area contributed by atoms with Crippen molar-refractivity contribution in [2.45, 2.75) is 30.8 Å². The Morgan fingerprint density at radius 3 is 2.79 bits per heavy atom.